The van der Waals surface area contributed by atoms with Crippen molar-refractivity contribution in [2.75, 3.05) is 0 Å². The minimum absolute atomic E-state index is 0.296. The van der Waals surface area contributed by atoms with Crippen molar-refractivity contribution in [2.24, 2.45) is 5.41 Å². The van der Waals surface area contributed by atoms with Crippen LogP contribution in [0.4, 0.5) is 4.39 Å². The summed E-state index contributed by atoms with van der Waals surface area (Å²) in [6, 6.07) is 4.76. The van der Waals surface area contributed by atoms with Crippen molar-refractivity contribution in [1.29, 1.82) is 0 Å². The Morgan fingerprint density at radius 3 is 2.38 bits per heavy atom. The van der Waals surface area contributed by atoms with Crippen LogP contribution < -0.4 is 0 Å². The van der Waals surface area contributed by atoms with Gasteiger partial charge in [0.1, 0.15) is 5.82 Å². The molecule has 0 aliphatic carbocycles. The van der Waals surface area contributed by atoms with Crippen LogP contribution in [0.5, 0.6) is 0 Å². The quantitative estimate of drug-likeness (QED) is 0.853. The second-order valence-electron chi connectivity index (χ2n) is 4.69. The molecule has 1 aromatic rings. The molecule has 0 aliphatic heterocycles. The van der Waals surface area contributed by atoms with E-state index in [9.17, 15) is 9.18 Å². The first-order valence-corrected chi connectivity index (χ1v) is 5.37. The topological polar surface area (TPSA) is 37.3 Å². The molecule has 0 fully saturated rings. The lowest BCUT2D eigenvalue weighted by molar-refractivity contribution is -0.146. The standard InChI is InChI=1S/C13H17FO2/c1-4-9-5-10(7-11(14)6-9)8-13(2,3)12(15)16/h5-7H,4,8H2,1-3H3,(H,15,16). The smallest absolute Gasteiger partial charge is 0.309 e. The van der Waals surface area contributed by atoms with Crippen LogP contribution in [0, 0.1) is 11.2 Å². The molecule has 0 amide bonds. The summed E-state index contributed by atoms with van der Waals surface area (Å²) in [7, 11) is 0. The summed E-state index contributed by atoms with van der Waals surface area (Å²) in [6.45, 7) is 5.23. The Hall–Kier alpha value is -1.38. The van der Waals surface area contributed by atoms with Gasteiger partial charge in [-0.25, -0.2) is 4.39 Å². The van der Waals surface area contributed by atoms with Crippen LogP contribution in [0.3, 0.4) is 0 Å². The maximum Gasteiger partial charge on any atom is 0.309 e. The van der Waals surface area contributed by atoms with Crippen molar-refractivity contribution in [2.45, 2.75) is 33.6 Å². The first kappa shape index (κ1) is 12.7. The lowest BCUT2D eigenvalue weighted by atomic mass is 9.85. The second kappa shape index (κ2) is 4.64. The van der Waals surface area contributed by atoms with Gasteiger partial charge in [0.15, 0.2) is 0 Å². The van der Waals surface area contributed by atoms with Gasteiger partial charge >= 0.3 is 5.97 Å². The van der Waals surface area contributed by atoms with E-state index in [-0.39, 0.29) is 5.82 Å². The molecule has 1 aromatic carbocycles. The van der Waals surface area contributed by atoms with Gasteiger partial charge in [-0.1, -0.05) is 13.0 Å². The van der Waals surface area contributed by atoms with Crippen molar-refractivity contribution >= 4 is 5.97 Å². The summed E-state index contributed by atoms with van der Waals surface area (Å²) in [5.74, 6) is -1.16. The van der Waals surface area contributed by atoms with E-state index in [0.717, 1.165) is 17.5 Å². The van der Waals surface area contributed by atoms with Gasteiger partial charge in [-0.15, -0.1) is 0 Å². The van der Waals surface area contributed by atoms with E-state index in [1.165, 1.54) is 12.1 Å². The molecule has 0 saturated carbocycles. The van der Waals surface area contributed by atoms with Crippen molar-refractivity contribution in [3.63, 3.8) is 0 Å². The van der Waals surface area contributed by atoms with E-state index in [2.05, 4.69) is 0 Å². The highest BCUT2D eigenvalue weighted by atomic mass is 19.1. The van der Waals surface area contributed by atoms with Gasteiger partial charge in [-0.2, -0.15) is 0 Å². The highest BCUT2D eigenvalue weighted by Crippen LogP contribution is 2.23. The SMILES string of the molecule is CCc1cc(F)cc(CC(C)(C)C(=O)O)c1. The Kier molecular flexibility index (Phi) is 3.68. The number of halogens is 1. The summed E-state index contributed by atoms with van der Waals surface area (Å²) in [5.41, 5.74) is 0.777. The predicted molar refractivity (Wildman–Crippen MR) is 60.9 cm³/mol. The highest BCUT2D eigenvalue weighted by molar-refractivity contribution is 5.74. The molecule has 3 heteroatoms. The molecule has 0 atom stereocenters. The molecule has 0 radical (unpaired) electrons. The molecule has 1 N–H and O–H groups in total. The first-order valence-electron chi connectivity index (χ1n) is 5.37. The molecule has 0 heterocycles. The van der Waals surface area contributed by atoms with Crippen LogP contribution in [-0.4, -0.2) is 11.1 Å². The minimum Gasteiger partial charge on any atom is -0.481 e. The second-order valence-corrected chi connectivity index (χ2v) is 4.69. The third-order valence-electron chi connectivity index (χ3n) is 2.65. The molecular formula is C13H17FO2. The van der Waals surface area contributed by atoms with Crippen LogP contribution in [0.2, 0.25) is 0 Å². The van der Waals surface area contributed by atoms with E-state index in [0.29, 0.717) is 6.42 Å². The Bertz CT molecular complexity index is 397. The summed E-state index contributed by atoms with van der Waals surface area (Å²) >= 11 is 0. The zero-order valence-electron chi connectivity index (χ0n) is 9.88. The van der Waals surface area contributed by atoms with Crippen molar-refractivity contribution < 1.29 is 14.3 Å². The zero-order valence-corrected chi connectivity index (χ0v) is 9.88. The Labute approximate surface area is 95.1 Å². The van der Waals surface area contributed by atoms with E-state index in [1.54, 1.807) is 13.8 Å². The zero-order chi connectivity index (χ0) is 12.3. The average Bonchev–Trinajstić information content (AvgIpc) is 2.15. The van der Waals surface area contributed by atoms with Gasteiger partial charge in [0, 0.05) is 0 Å². The summed E-state index contributed by atoms with van der Waals surface area (Å²) in [5, 5.41) is 9.00. The monoisotopic (exact) mass is 224 g/mol. The third kappa shape index (κ3) is 3.05. The fourth-order valence-corrected chi connectivity index (χ4v) is 1.61. The largest absolute Gasteiger partial charge is 0.481 e. The van der Waals surface area contributed by atoms with Crippen LogP contribution in [0.25, 0.3) is 0 Å². The van der Waals surface area contributed by atoms with Crippen LogP contribution in [0.15, 0.2) is 18.2 Å². The first-order chi connectivity index (χ1) is 7.35. The lowest BCUT2D eigenvalue weighted by Crippen LogP contribution is -2.26. The number of rotatable bonds is 4. The van der Waals surface area contributed by atoms with Gasteiger partial charge in [-0.3, -0.25) is 4.79 Å². The molecule has 0 aliphatic rings. The number of hydrogen-bond acceptors (Lipinski definition) is 1. The third-order valence-corrected chi connectivity index (χ3v) is 2.65. The molecular weight excluding hydrogens is 207 g/mol. The van der Waals surface area contributed by atoms with E-state index >= 15 is 0 Å². The number of carbonyl (C=O) groups is 1. The number of aryl methyl sites for hydroxylation is 1. The molecule has 16 heavy (non-hydrogen) atoms. The fourth-order valence-electron chi connectivity index (χ4n) is 1.61. The predicted octanol–water partition coefficient (Wildman–Crippen LogP) is 3.04. The number of carboxylic acid groups (broad SMARTS) is 1. The number of benzene rings is 1. The molecule has 2 nitrogen and oxygen atoms in total. The molecule has 88 valence electrons. The normalized spacial score (nSPS) is 11.5. The van der Waals surface area contributed by atoms with Gasteiger partial charge in [0.05, 0.1) is 5.41 Å². The highest BCUT2D eigenvalue weighted by Gasteiger charge is 2.27. The van der Waals surface area contributed by atoms with Crippen molar-refractivity contribution in [3.8, 4) is 0 Å². The Morgan fingerprint density at radius 1 is 1.31 bits per heavy atom. The van der Waals surface area contributed by atoms with Crippen molar-refractivity contribution in [1.82, 2.24) is 0 Å². The van der Waals surface area contributed by atoms with Crippen LogP contribution >= 0.6 is 0 Å². The Morgan fingerprint density at radius 2 is 1.88 bits per heavy atom. The van der Waals surface area contributed by atoms with E-state index < -0.39 is 11.4 Å². The van der Waals surface area contributed by atoms with Crippen molar-refractivity contribution in [3.05, 3.63) is 35.1 Å². The molecule has 1 rings (SSSR count). The maximum atomic E-state index is 13.2. The van der Waals surface area contributed by atoms with Gasteiger partial charge in [0.2, 0.25) is 0 Å². The molecule has 0 spiro atoms. The summed E-state index contributed by atoms with van der Waals surface area (Å²) in [6.07, 6.45) is 1.09. The van der Waals surface area contributed by atoms with E-state index in [1.807, 2.05) is 13.0 Å². The Balaban J connectivity index is 2.97. The maximum absolute atomic E-state index is 13.2. The lowest BCUT2D eigenvalue weighted by Gasteiger charge is -2.19. The summed E-state index contributed by atoms with van der Waals surface area (Å²) in [4.78, 5) is 11.0. The fraction of sp³-hybridized carbons (Fsp3) is 0.462. The van der Waals surface area contributed by atoms with E-state index in [4.69, 9.17) is 5.11 Å². The minimum atomic E-state index is -0.866. The van der Waals surface area contributed by atoms with Crippen LogP contribution in [-0.2, 0) is 17.6 Å². The molecule has 0 bridgehead atoms. The number of hydrogen-bond donors (Lipinski definition) is 1. The number of carboxylic acids is 1. The summed E-state index contributed by atoms with van der Waals surface area (Å²) < 4.78 is 13.2. The molecule has 0 unspecified atom stereocenters. The average molecular weight is 224 g/mol. The van der Waals surface area contributed by atoms with Gasteiger partial charge in [-0.05, 0) is 49.9 Å². The van der Waals surface area contributed by atoms with Gasteiger partial charge in [0.25, 0.3) is 0 Å². The molecule has 0 aromatic heterocycles. The number of aliphatic carboxylic acids is 1. The van der Waals surface area contributed by atoms with Gasteiger partial charge < -0.3 is 5.11 Å². The van der Waals surface area contributed by atoms with Crippen LogP contribution in [0.1, 0.15) is 31.9 Å². The molecule has 0 saturated heterocycles.